The predicted octanol–water partition coefficient (Wildman–Crippen LogP) is 7.33. The average Bonchev–Trinajstić information content (AvgIpc) is 3.12. The van der Waals surface area contributed by atoms with Crippen molar-refractivity contribution in [2.75, 3.05) is 0 Å². The predicted molar refractivity (Wildman–Crippen MR) is 130 cm³/mol. The third-order valence-electron chi connectivity index (χ3n) is 5.08. The van der Waals surface area contributed by atoms with E-state index in [4.69, 9.17) is 4.74 Å². The standard InChI is InChI=1S/C26H24N2O4S/c1-3-5-24(31)32-25-21-12-16(2)8-11-23(21)33-26(25)28-27-19-7-4-6-17(14-19)13-18-15-20(29)9-10-22(18)30/h4,6-12,14-15,29-30H,3,5,13H2,1-2H3. The first-order valence-electron chi connectivity index (χ1n) is 10.7. The van der Waals surface area contributed by atoms with E-state index in [1.54, 1.807) is 6.07 Å². The molecule has 0 radical (unpaired) electrons. The van der Waals surface area contributed by atoms with Crippen molar-refractivity contribution in [3.05, 3.63) is 77.4 Å². The lowest BCUT2D eigenvalue weighted by Gasteiger charge is -2.06. The lowest BCUT2D eigenvalue weighted by molar-refractivity contribution is -0.134. The highest BCUT2D eigenvalue weighted by Crippen LogP contribution is 2.45. The van der Waals surface area contributed by atoms with Crippen molar-refractivity contribution in [1.29, 1.82) is 0 Å². The van der Waals surface area contributed by atoms with Crippen LogP contribution in [0.15, 0.2) is 70.9 Å². The molecule has 0 bridgehead atoms. The van der Waals surface area contributed by atoms with Gasteiger partial charge < -0.3 is 14.9 Å². The van der Waals surface area contributed by atoms with Gasteiger partial charge in [-0.1, -0.05) is 30.7 Å². The van der Waals surface area contributed by atoms with Gasteiger partial charge in [0.2, 0.25) is 0 Å². The van der Waals surface area contributed by atoms with E-state index in [0.29, 0.717) is 41.3 Å². The molecule has 0 amide bonds. The Morgan fingerprint density at radius 1 is 1.03 bits per heavy atom. The Hall–Kier alpha value is -3.71. The highest BCUT2D eigenvalue weighted by atomic mass is 32.1. The number of carbonyl (C=O) groups excluding carboxylic acids is 1. The summed E-state index contributed by atoms with van der Waals surface area (Å²) in [5.74, 6) is 0.382. The molecule has 0 saturated carbocycles. The van der Waals surface area contributed by atoms with E-state index >= 15 is 0 Å². The van der Waals surface area contributed by atoms with E-state index in [2.05, 4.69) is 10.2 Å². The summed E-state index contributed by atoms with van der Waals surface area (Å²) < 4.78 is 6.65. The van der Waals surface area contributed by atoms with Crippen molar-refractivity contribution in [2.24, 2.45) is 10.2 Å². The van der Waals surface area contributed by atoms with Gasteiger partial charge >= 0.3 is 5.97 Å². The summed E-state index contributed by atoms with van der Waals surface area (Å²) in [5, 5.41) is 29.9. The van der Waals surface area contributed by atoms with Gasteiger partial charge in [-0.3, -0.25) is 4.79 Å². The molecule has 0 saturated heterocycles. The summed E-state index contributed by atoms with van der Waals surface area (Å²) in [5.41, 5.74) is 3.23. The maximum atomic E-state index is 12.2. The van der Waals surface area contributed by atoms with Crippen LogP contribution in [0.5, 0.6) is 17.2 Å². The number of carbonyl (C=O) groups is 1. The number of fused-ring (bicyclic) bond motifs is 1. The molecule has 0 unspecified atom stereocenters. The van der Waals surface area contributed by atoms with Crippen LogP contribution in [0.2, 0.25) is 0 Å². The molecule has 0 aliphatic carbocycles. The summed E-state index contributed by atoms with van der Waals surface area (Å²) in [4.78, 5) is 12.2. The topological polar surface area (TPSA) is 91.5 Å². The van der Waals surface area contributed by atoms with Gasteiger partial charge in [0.05, 0.1) is 5.69 Å². The Morgan fingerprint density at radius 2 is 1.88 bits per heavy atom. The van der Waals surface area contributed by atoms with Gasteiger partial charge in [0.15, 0.2) is 10.8 Å². The number of esters is 1. The second-order valence-electron chi connectivity index (χ2n) is 7.82. The normalized spacial score (nSPS) is 11.3. The largest absolute Gasteiger partial charge is 0.508 e. The second kappa shape index (κ2) is 9.83. The van der Waals surface area contributed by atoms with Crippen molar-refractivity contribution in [3.63, 3.8) is 0 Å². The van der Waals surface area contributed by atoms with Crippen LogP contribution in [-0.2, 0) is 11.2 Å². The quantitative estimate of drug-likeness (QED) is 0.171. The Bertz CT molecular complexity index is 1340. The maximum absolute atomic E-state index is 12.2. The summed E-state index contributed by atoms with van der Waals surface area (Å²) >= 11 is 1.42. The van der Waals surface area contributed by atoms with Gasteiger partial charge in [0, 0.05) is 28.5 Å². The molecule has 6 nitrogen and oxygen atoms in total. The third kappa shape index (κ3) is 5.38. The number of nitrogens with zero attached hydrogens (tertiary/aromatic N) is 2. The SMILES string of the molecule is CCCC(=O)Oc1c(N=Nc2cccc(Cc3cc(O)ccc3O)c2)sc2ccc(C)cc12. The van der Waals surface area contributed by atoms with Gasteiger partial charge in [-0.05, 0) is 61.4 Å². The summed E-state index contributed by atoms with van der Waals surface area (Å²) in [6, 6.07) is 17.9. The summed E-state index contributed by atoms with van der Waals surface area (Å²) in [6.07, 6.45) is 1.48. The zero-order chi connectivity index (χ0) is 23.4. The minimum atomic E-state index is -0.289. The molecule has 33 heavy (non-hydrogen) atoms. The fourth-order valence-electron chi connectivity index (χ4n) is 3.47. The molecule has 7 heteroatoms. The van der Waals surface area contributed by atoms with Crippen LogP contribution >= 0.6 is 11.3 Å². The summed E-state index contributed by atoms with van der Waals surface area (Å²) in [7, 11) is 0. The average molecular weight is 461 g/mol. The number of benzene rings is 3. The van der Waals surface area contributed by atoms with Gasteiger partial charge in [-0.25, -0.2) is 0 Å². The molecule has 4 aromatic rings. The second-order valence-corrected chi connectivity index (χ2v) is 8.85. The number of thiophene rings is 1. The van der Waals surface area contributed by atoms with Crippen LogP contribution < -0.4 is 4.74 Å². The highest BCUT2D eigenvalue weighted by molar-refractivity contribution is 7.23. The van der Waals surface area contributed by atoms with Crippen molar-refractivity contribution >= 4 is 38.1 Å². The Balaban J connectivity index is 1.63. The fraction of sp³-hybridized carbons (Fsp3) is 0.192. The lowest BCUT2D eigenvalue weighted by Crippen LogP contribution is -2.06. The number of hydrogen-bond acceptors (Lipinski definition) is 7. The van der Waals surface area contributed by atoms with Crippen LogP contribution in [-0.4, -0.2) is 16.2 Å². The van der Waals surface area contributed by atoms with E-state index in [9.17, 15) is 15.0 Å². The maximum Gasteiger partial charge on any atom is 0.311 e. The van der Waals surface area contributed by atoms with Crippen molar-refractivity contribution in [3.8, 4) is 17.2 Å². The molecule has 4 rings (SSSR count). The van der Waals surface area contributed by atoms with Crippen LogP contribution in [0.3, 0.4) is 0 Å². The molecule has 1 aromatic heterocycles. The smallest absolute Gasteiger partial charge is 0.311 e. The van der Waals surface area contributed by atoms with E-state index < -0.39 is 0 Å². The number of aromatic hydroxyl groups is 2. The van der Waals surface area contributed by atoms with E-state index in [1.807, 2.05) is 56.3 Å². The molecule has 0 aliphatic heterocycles. The van der Waals surface area contributed by atoms with Gasteiger partial charge in [-0.15, -0.1) is 21.6 Å². The Labute approximate surface area is 195 Å². The van der Waals surface area contributed by atoms with Crippen LogP contribution in [0.4, 0.5) is 10.7 Å². The number of aryl methyl sites for hydroxylation is 1. The molecule has 0 atom stereocenters. The van der Waals surface area contributed by atoms with Gasteiger partial charge in [0.25, 0.3) is 0 Å². The Morgan fingerprint density at radius 3 is 2.70 bits per heavy atom. The molecular formula is C26H24N2O4S. The number of azo groups is 1. The molecule has 3 aromatic carbocycles. The van der Waals surface area contributed by atoms with Crippen LogP contribution in [0, 0.1) is 6.92 Å². The number of phenols is 2. The number of ether oxygens (including phenoxy) is 1. The zero-order valence-corrected chi connectivity index (χ0v) is 19.2. The number of rotatable bonds is 7. The number of hydrogen-bond donors (Lipinski definition) is 2. The first-order valence-corrected chi connectivity index (χ1v) is 11.5. The fourth-order valence-corrected chi connectivity index (χ4v) is 4.41. The van der Waals surface area contributed by atoms with Crippen molar-refractivity contribution in [2.45, 2.75) is 33.1 Å². The molecular weight excluding hydrogens is 436 g/mol. The Kier molecular flexibility index (Phi) is 6.70. The van der Waals surface area contributed by atoms with Crippen molar-refractivity contribution < 1.29 is 19.7 Å². The molecule has 168 valence electrons. The molecule has 0 spiro atoms. The monoisotopic (exact) mass is 460 g/mol. The van der Waals surface area contributed by atoms with Crippen LogP contribution in [0.1, 0.15) is 36.5 Å². The molecule has 2 N–H and O–H groups in total. The van der Waals surface area contributed by atoms with Crippen LogP contribution in [0.25, 0.3) is 10.1 Å². The lowest BCUT2D eigenvalue weighted by atomic mass is 10.0. The van der Waals surface area contributed by atoms with E-state index in [-0.39, 0.29) is 17.5 Å². The molecule has 1 heterocycles. The first-order chi connectivity index (χ1) is 15.9. The summed E-state index contributed by atoms with van der Waals surface area (Å²) in [6.45, 7) is 3.92. The van der Waals surface area contributed by atoms with E-state index in [1.165, 1.54) is 23.5 Å². The van der Waals surface area contributed by atoms with Gasteiger partial charge in [-0.2, -0.15) is 0 Å². The molecule has 0 aliphatic rings. The highest BCUT2D eigenvalue weighted by Gasteiger charge is 2.17. The third-order valence-corrected chi connectivity index (χ3v) is 6.11. The zero-order valence-electron chi connectivity index (χ0n) is 18.4. The van der Waals surface area contributed by atoms with Gasteiger partial charge in [0.1, 0.15) is 11.5 Å². The molecule has 0 fully saturated rings. The first kappa shape index (κ1) is 22.5. The number of phenolic OH excluding ortho intramolecular Hbond substituents is 2. The van der Waals surface area contributed by atoms with Crippen molar-refractivity contribution in [1.82, 2.24) is 0 Å². The van der Waals surface area contributed by atoms with E-state index in [0.717, 1.165) is 21.2 Å². The minimum Gasteiger partial charge on any atom is -0.508 e. The minimum absolute atomic E-state index is 0.101.